The lowest BCUT2D eigenvalue weighted by Gasteiger charge is -2.21. The molecule has 0 spiro atoms. The van der Waals surface area contributed by atoms with E-state index in [1.165, 1.54) is 28.4 Å². The number of rotatable bonds is 8. The number of aryl methyl sites for hydroxylation is 2. The molecule has 0 aliphatic carbocycles. The van der Waals surface area contributed by atoms with Crippen LogP contribution in [0.2, 0.25) is 5.02 Å². The maximum atomic E-state index is 13.2. The molecule has 0 unspecified atom stereocenters. The number of sulfone groups is 1. The van der Waals surface area contributed by atoms with Crippen LogP contribution in [0.5, 0.6) is 0 Å². The molecule has 174 valence electrons. The Morgan fingerprint density at radius 3 is 2.34 bits per heavy atom. The molecule has 6 nitrogen and oxygen atoms in total. The van der Waals surface area contributed by atoms with Crippen molar-refractivity contribution in [3.05, 3.63) is 52.5 Å². The summed E-state index contributed by atoms with van der Waals surface area (Å²) >= 11 is 7.59. The number of fused-ring (bicyclic) bond motifs is 1. The number of aromatic nitrogens is 1. The van der Waals surface area contributed by atoms with Crippen LogP contribution >= 0.6 is 35.3 Å². The maximum absolute atomic E-state index is 13.2. The highest BCUT2D eigenvalue weighted by Gasteiger charge is 2.26. The van der Waals surface area contributed by atoms with E-state index in [4.69, 9.17) is 11.6 Å². The van der Waals surface area contributed by atoms with Gasteiger partial charge in [-0.3, -0.25) is 9.69 Å². The highest BCUT2D eigenvalue weighted by atomic mass is 35.5. The van der Waals surface area contributed by atoms with Crippen LogP contribution in [0.15, 0.2) is 41.3 Å². The van der Waals surface area contributed by atoms with E-state index in [0.717, 1.165) is 27.9 Å². The molecule has 1 aromatic heterocycles. The molecule has 1 heterocycles. The van der Waals surface area contributed by atoms with Gasteiger partial charge in [0.15, 0.2) is 15.0 Å². The van der Waals surface area contributed by atoms with Crippen molar-refractivity contribution >= 4 is 66.4 Å². The van der Waals surface area contributed by atoms with Crippen molar-refractivity contribution in [3.63, 3.8) is 0 Å². The number of hydrogen-bond donors (Lipinski definition) is 0. The molecule has 3 aromatic rings. The topological polar surface area (TPSA) is 70.6 Å². The Morgan fingerprint density at radius 1 is 1.06 bits per heavy atom. The zero-order chi connectivity index (χ0) is 22.8. The summed E-state index contributed by atoms with van der Waals surface area (Å²) in [7, 11) is 0.149. The number of benzene rings is 2. The number of carbonyl (C=O) groups is 1. The van der Waals surface area contributed by atoms with Gasteiger partial charge in [0.25, 0.3) is 0 Å². The van der Waals surface area contributed by atoms with Crippen LogP contribution in [0.4, 0.5) is 5.13 Å². The van der Waals surface area contributed by atoms with E-state index < -0.39 is 21.5 Å². The van der Waals surface area contributed by atoms with Crippen LogP contribution in [-0.4, -0.2) is 57.1 Å². The molecule has 0 aliphatic rings. The molecule has 0 saturated carbocycles. The number of halogens is 2. The molecule has 0 aliphatic heterocycles. The lowest BCUT2D eigenvalue weighted by molar-refractivity contribution is -0.116. The fourth-order valence-electron chi connectivity index (χ4n) is 3.15. The Morgan fingerprint density at radius 2 is 1.72 bits per heavy atom. The van der Waals surface area contributed by atoms with Gasteiger partial charge in [-0.1, -0.05) is 40.6 Å². The van der Waals surface area contributed by atoms with Gasteiger partial charge in [0.1, 0.15) is 5.75 Å². The first kappa shape index (κ1) is 26.5. The Hall–Kier alpha value is -1.71. The maximum Gasteiger partial charge on any atom is 0.244 e. The summed E-state index contributed by atoms with van der Waals surface area (Å²) < 4.78 is 26.6. The first-order chi connectivity index (χ1) is 14.6. The number of anilines is 1. The van der Waals surface area contributed by atoms with Gasteiger partial charge < -0.3 is 4.90 Å². The van der Waals surface area contributed by atoms with Crippen LogP contribution in [0, 0.1) is 13.8 Å². The molecule has 2 aromatic carbocycles. The average molecular weight is 517 g/mol. The monoisotopic (exact) mass is 515 g/mol. The number of nitrogens with zero attached hydrogens (tertiary/aromatic N) is 3. The zero-order valence-electron chi connectivity index (χ0n) is 18.5. The summed E-state index contributed by atoms with van der Waals surface area (Å²) in [4.78, 5) is 21.5. The number of hydrogen-bond acceptors (Lipinski definition) is 6. The van der Waals surface area contributed by atoms with Gasteiger partial charge in [-0.2, -0.15) is 0 Å². The Bertz CT molecular complexity index is 1190. The Balaban J connectivity index is 0.00000363. The summed E-state index contributed by atoms with van der Waals surface area (Å²) in [6, 6.07) is 10.2. The highest BCUT2D eigenvalue weighted by molar-refractivity contribution is 7.92. The second kappa shape index (κ2) is 10.9. The molecule has 3 rings (SSSR count). The van der Waals surface area contributed by atoms with Crippen molar-refractivity contribution in [2.45, 2.75) is 25.2 Å². The minimum absolute atomic E-state index is 0. The van der Waals surface area contributed by atoms with E-state index >= 15 is 0 Å². The average Bonchev–Trinajstić information content (AvgIpc) is 3.12. The number of amides is 1. The largest absolute Gasteiger partial charge is 0.309 e. The van der Waals surface area contributed by atoms with Crippen molar-refractivity contribution in [3.8, 4) is 0 Å². The molecule has 32 heavy (non-hydrogen) atoms. The summed E-state index contributed by atoms with van der Waals surface area (Å²) in [5.41, 5.74) is 2.54. The van der Waals surface area contributed by atoms with Gasteiger partial charge in [-0.15, -0.1) is 12.4 Å². The lowest BCUT2D eigenvalue weighted by atomic mass is 10.2. The smallest absolute Gasteiger partial charge is 0.244 e. The third-order valence-corrected chi connectivity index (χ3v) is 8.02. The predicted octanol–water partition coefficient (Wildman–Crippen LogP) is 4.75. The second-order valence-corrected chi connectivity index (χ2v) is 11.2. The van der Waals surface area contributed by atoms with E-state index in [1.807, 2.05) is 38.9 Å². The van der Waals surface area contributed by atoms with Gasteiger partial charge in [-0.05, 0) is 70.7 Å². The molecular formula is C22H27Cl2N3O3S2. The van der Waals surface area contributed by atoms with Crippen molar-refractivity contribution in [1.82, 2.24) is 9.88 Å². The SMILES string of the molecule is Cc1ccc(S(=O)(=O)CC(=O)N(CCCN(C)C)c2nc3c(C)c(Cl)ccc3s2)cc1.Cl. The minimum atomic E-state index is -3.76. The predicted molar refractivity (Wildman–Crippen MR) is 135 cm³/mol. The van der Waals surface area contributed by atoms with Crippen LogP contribution < -0.4 is 4.90 Å². The standard InChI is InChI=1S/C22H26ClN3O3S2.ClH/c1-15-6-8-17(9-7-15)31(28,29)14-20(27)26(13-5-12-25(3)4)22-24-21-16(2)18(23)10-11-19(21)30-22;/h6-11H,5,12-14H2,1-4H3;1H. The normalized spacial score (nSPS) is 11.6. The molecule has 0 bridgehead atoms. The Kier molecular flexibility index (Phi) is 9.07. The molecule has 0 saturated heterocycles. The van der Waals surface area contributed by atoms with Crippen LogP contribution in [0.3, 0.4) is 0 Å². The lowest BCUT2D eigenvalue weighted by Crippen LogP contribution is -2.37. The molecule has 10 heteroatoms. The first-order valence-corrected chi connectivity index (χ1v) is 12.7. The summed E-state index contributed by atoms with van der Waals surface area (Å²) in [5, 5.41) is 1.10. The van der Waals surface area contributed by atoms with Gasteiger partial charge >= 0.3 is 0 Å². The third kappa shape index (κ3) is 6.20. The van der Waals surface area contributed by atoms with E-state index in [-0.39, 0.29) is 17.3 Å². The van der Waals surface area contributed by atoms with E-state index in [1.54, 1.807) is 18.2 Å². The number of thiazole rings is 1. The third-order valence-electron chi connectivity index (χ3n) is 4.95. The van der Waals surface area contributed by atoms with Crippen molar-refractivity contribution in [2.24, 2.45) is 0 Å². The van der Waals surface area contributed by atoms with Crippen LogP contribution in [-0.2, 0) is 14.6 Å². The zero-order valence-corrected chi connectivity index (χ0v) is 21.7. The highest BCUT2D eigenvalue weighted by Crippen LogP contribution is 2.34. The summed E-state index contributed by atoms with van der Waals surface area (Å²) in [6.45, 7) is 4.92. The van der Waals surface area contributed by atoms with Crippen LogP contribution in [0.25, 0.3) is 10.2 Å². The fraction of sp³-hybridized carbons (Fsp3) is 0.364. The molecule has 0 atom stereocenters. The molecule has 0 radical (unpaired) electrons. The minimum Gasteiger partial charge on any atom is -0.309 e. The molecule has 1 amide bonds. The Labute approximate surface area is 204 Å². The van der Waals surface area contributed by atoms with Crippen molar-refractivity contribution < 1.29 is 13.2 Å². The van der Waals surface area contributed by atoms with Gasteiger partial charge in [0.2, 0.25) is 5.91 Å². The van der Waals surface area contributed by atoms with Gasteiger partial charge in [-0.25, -0.2) is 13.4 Å². The molecule has 0 fully saturated rings. The quantitative estimate of drug-likeness (QED) is 0.432. The molecule has 0 N–H and O–H groups in total. The summed E-state index contributed by atoms with van der Waals surface area (Å²) in [6.07, 6.45) is 0.693. The van der Waals surface area contributed by atoms with E-state index in [2.05, 4.69) is 4.98 Å². The second-order valence-electron chi connectivity index (χ2n) is 7.79. The molecular weight excluding hydrogens is 489 g/mol. The van der Waals surface area contributed by atoms with E-state index in [9.17, 15) is 13.2 Å². The van der Waals surface area contributed by atoms with Gasteiger partial charge in [0, 0.05) is 11.6 Å². The van der Waals surface area contributed by atoms with Crippen molar-refractivity contribution in [1.29, 1.82) is 0 Å². The first-order valence-electron chi connectivity index (χ1n) is 9.88. The van der Waals surface area contributed by atoms with Crippen molar-refractivity contribution in [2.75, 3.05) is 37.8 Å². The van der Waals surface area contributed by atoms with E-state index in [0.29, 0.717) is 23.1 Å². The fourth-order valence-corrected chi connectivity index (χ4v) is 5.57. The summed E-state index contributed by atoms with van der Waals surface area (Å²) in [5.74, 6) is -1.09. The van der Waals surface area contributed by atoms with Gasteiger partial charge in [0.05, 0.1) is 15.1 Å². The number of carbonyl (C=O) groups excluding carboxylic acids is 1. The van der Waals surface area contributed by atoms with Crippen LogP contribution in [0.1, 0.15) is 17.5 Å².